The Kier molecular flexibility index (Phi) is 3.87. The van der Waals surface area contributed by atoms with Crippen LogP contribution >= 0.6 is 0 Å². The molecule has 118 valence electrons. The number of aryl methyl sites for hydroxylation is 1. The highest BCUT2D eigenvalue weighted by molar-refractivity contribution is 5.38. The lowest BCUT2D eigenvalue weighted by Crippen LogP contribution is -2.37. The third kappa shape index (κ3) is 2.83. The summed E-state index contributed by atoms with van der Waals surface area (Å²) in [4.78, 5) is 7.09. The fourth-order valence-electron chi connectivity index (χ4n) is 3.33. The van der Waals surface area contributed by atoms with E-state index in [4.69, 9.17) is 4.99 Å². The van der Waals surface area contributed by atoms with Crippen LogP contribution in [0.15, 0.2) is 83.9 Å². The molecule has 1 aliphatic rings. The van der Waals surface area contributed by atoms with E-state index in [0.717, 1.165) is 5.36 Å². The smallest absolute Gasteiger partial charge is 0.111 e. The van der Waals surface area contributed by atoms with Gasteiger partial charge in [0.1, 0.15) is 6.67 Å². The van der Waals surface area contributed by atoms with Crippen LogP contribution in [0.1, 0.15) is 22.7 Å². The first kappa shape index (κ1) is 14.7. The van der Waals surface area contributed by atoms with Crippen molar-refractivity contribution in [3.63, 3.8) is 0 Å². The van der Waals surface area contributed by atoms with Gasteiger partial charge in [-0.05, 0) is 24.1 Å². The molecule has 3 aromatic carbocycles. The highest BCUT2D eigenvalue weighted by Crippen LogP contribution is 2.29. The molecule has 0 amide bonds. The Balaban J connectivity index is 1.84. The zero-order valence-electron chi connectivity index (χ0n) is 13.8. The van der Waals surface area contributed by atoms with Gasteiger partial charge in [-0.3, -0.25) is 4.99 Å². The second kappa shape index (κ2) is 6.32. The summed E-state index contributed by atoms with van der Waals surface area (Å²) in [6, 6.07) is 27.9. The molecule has 0 fully saturated rings. The number of benzene rings is 3. The van der Waals surface area contributed by atoms with Gasteiger partial charge >= 0.3 is 0 Å². The summed E-state index contributed by atoms with van der Waals surface area (Å²) in [6.07, 6.45) is 2.24. The molecule has 0 aromatic heterocycles. The van der Waals surface area contributed by atoms with Crippen LogP contribution in [0.25, 0.3) is 6.20 Å². The molecule has 1 heterocycles. The van der Waals surface area contributed by atoms with Gasteiger partial charge in [0, 0.05) is 11.4 Å². The molecule has 0 aliphatic carbocycles. The van der Waals surface area contributed by atoms with Gasteiger partial charge in [0.25, 0.3) is 0 Å². The average Bonchev–Trinajstić information content (AvgIpc) is 2.63. The minimum absolute atomic E-state index is 0.170. The quantitative estimate of drug-likeness (QED) is 0.723. The van der Waals surface area contributed by atoms with Gasteiger partial charge in [-0.25, -0.2) is 0 Å². The summed E-state index contributed by atoms with van der Waals surface area (Å²) in [6.45, 7) is 2.82. The summed E-state index contributed by atoms with van der Waals surface area (Å²) in [5.41, 5.74) is 3.86. The van der Waals surface area contributed by atoms with Crippen LogP contribution in [0.5, 0.6) is 0 Å². The van der Waals surface area contributed by atoms with E-state index in [1.165, 1.54) is 21.9 Å². The van der Waals surface area contributed by atoms with Crippen molar-refractivity contribution in [2.45, 2.75) is 13.0 Å². The van der Waals surface area contributed by atoms with E-state index in [1.807, 2.05) is 6.07 Å². The Bertz CT molecular complexity index is 961. The molecule has 2 nitrogen and oxygen atoms in total. The van der Waals surface area contributed by atoms with Crippen molar-refractivity contribution in [2.24, 2.45) is 4.99 Å². The van der Waals surface area contributed by atoms with Crippen LogP contribution in [0.3, 0.4) is 0 Å². The van der Waals surface area contributed by atoms with Gasteiger partial charge in [0.2, 0.25) is 0 Å². The minimum Gasteiger partial charge on any atom is -0.347 e. The molecule has 4 rings (SSSR count). The van der Waals surface area contributed by atoms with Crippen molar-refractivity contribution in [2.75, 3.05) is 6.67 Å². The van der Waals surface area contributed by atoms with E-state index in [0.29, 0.717) is 6.67 Å². The van der Waals surface area contributed by atoms with E-state index in [9.17, 15) is 0 Å². The number of rotatable bonds is 3. The summed E-state index contributed by atoms with van der Waals surface area (Å²) < 4.78 is 0. The lowest BCUT2D eigenvalue weighted by molar-refractivity contribution is 0.351. The maximum atomic E-state index is 4.76. The number of para-hydroxylation sites is 1. The lowest BCUT2D eigenvalue weighted by Gasteiger charge is -2.31. The number of hydrogen-bond acceptors (Lipinski definition) is 2. The molecule has 24 heavy (non-hydrogen) atoms. The van der Waals surface area contributed by atoms with Crippen LogP contribution in [0.2, 0.25) is 0 Å². The van der Waals surface area contributed by atoms with Crippen molar-refractivity contribution < 1.29 is 0 Å². The molecule has 3 aromatic rings. The summed E-state index contributed by atoms with van der Waals surface area (Å²) in [5, 5.41) is 2.25. The Morgan fingerprint density at radius 3 is 2.42 bits per heavy atom. The molecule has 0 spiro atoms. The standard InChI is InChI=1S/C22H20N2/c1-17-8-7-12-19(14-17)22(18-9-3-2-4-10-18)24-15-20-11-5-6-13-21(20)23-16-24/h2-15,22H,16H2,1H3. The van der Waals surface area contributed by atoms with Gasteiger partial charge in [-0.15, -0.1) is 0 Å². The molecule has 0 N–H and O–H groups in total. The predicted molar refractivity (Wildman–Crippen MR) is 97.9 cm³/mol. The molecule has 1 aliphatic heterocycles. The molecule has 0 saturated carbocycles. The fraction of sp³-hybridized carbons (Fsp3) is 0.136. The summed E-state index contributed by atoms with van der Waals surface area (Å²) in [5.74, 6) is 0. The molecule has 0 radical (unpaired) electrons. The van der Waals surface area contributed by atoms with Crippen LogP contribution in [0, 0.1) is 6.92 Å². The van der Waals surface area contributed by atoms with E-state index in [-0.39, 0.29) is 6.04 Å². The maximum Gasteiger partial charge on any atom is 0.111 e. The van der Waals surface area contributed by atoms with Gasteiger partial charge in [0.05, 0.1) is 11.4 Å². The van der Waals surface area contributed by atoms with Crippen LogP contribution in [-0.2, 0) is 0 Å². The monoisotopic (exact) mass is 312 g/mol. The topological polar surface area (TPSA) is 15.6 Å². The third-order valence-corrected chi connectivity index (χ3v) is 4.45. The van der Waals surface area contributed by atoms with Crippen molar-refractivity contribution in [3.05, 3.63) is 106 Å². The highest BCUT2D eigenvalue weighted by atomic mass is 15.2. The van der Waals surface area contributed by atoms with Crippen LogP contribution in [-0.4, -0.2) is 11.6 Å². The minimum atomic E-state index is 0.170. The van der Waals surface area contributed by atoms with Gasteiger partial charge < -0.3 is 4.90 Å². The van der Waals surface area contributed by atoms with Crippen LogP contribution < -0.4 is 10.6 Å². The molecule has 1 atom stereocenters. The first-order valence-corrected chi connectivity index (χ1v) is 8.30. The Labute approximate surface area is 142 Å². The van der Waals surface area contributed by atoms with Crippen molar-refractivity contribution >= 4 is 6.20 Å². The van der Waals surface area contributed by atoms with Gasteiger partial charge in [0.15, 0.2) is 0 Å². The molecule has 1 unspecified atom stereocenters. The SMILES string of the molecule is Cc1cccc(C(c2ccccc2)N2C=c3ccccc3=NC2)c1. The second-order valence-electron chi connectivity index (χ2n) is 6.23. The first-order chi connectivity index (χ1) is 11.8. The third-order valence-electron chi connectivity index (χ3n) is 4.45. The maximum absolute atomic E-state index is 4.76. The largest absolute Gasteiger partial charge is 0.347 e. The number of nitrogens with zero attached hydrogens (tertiary/aromatic N) is 2. The van der Waals surface area contributed by atoms with Crippen molar-refractivity contribution in [3.8, 4) is 0 Å². The van der Waals surface area contributed by atoms with Gasteiger partial charge in [-0.1, -0.05) is 78.4 Å². The zero-order chi connectivity index (χ0) is 16.4. The van der Waals surface area contributed by atoms with Gasteiger partial charge in [-0.2, -0.15) is 0 Å². The molecule has 0 saturated heterocycles. The average molecular weight is 312 g/mol. The first-order valence-electron chi connectivity index (χ1n) is 8.30. The second-order valence-corrected chi connectivity index (χ2v) is 6.23. The number of hydrogen-bond donors (Lipinski definition) is 0. The molecule has 2 heteroatoms. The summed E-state index contributed by atoms with van der Waals surface area (Å²) >= 11 is 0. The van der Waals surface area contributed by atoms with Crippen LogP contribution in [0.4, 0.5) is 0 Å². The van der Waals surface area contributed by atoms with E-state index in [2.05, 4.69) is 90.8 Å². The fourth-order valence-corrected chi connectivity index (χ4v) is 3.33. The molecule has 0 bridgehead atoms. The van der Waals surface area contributed by atoms with E-state index < -0.39 is 0 Å². The lowest BCUT2D eigenvalue weighted by atomic mass is 9.96. The Morgan fingerprint density at radius 1 is 0.833 bits per heavy atom. The predicted octanol–water partition coefficient (Wildman–Crippen LogP) is 3.42. The van der Waals surface area contributed by atoms with E-state index in [1.54, 1.807) is 0 Å². The molecular weight excluding hydrogens is 292 g/mol. The summed E-state index contributed by atoms with van der Waals surface area (Å²) in [7, 11) is 0. The van der Waals surface area contributed by atoms with E-state index >= 15 is 0 Å². The highest BCUT2D eigenvalue weighted by Gasteiger charge is 2.21. The molecular formula is C22H20N2. The Morgan fingerprint density at radius 2 is 1.58 bits per heavy atom. The normalized spacial score (nSPS) is 14.3. The number of fused-ring (bicyclic) bond motifs is 1. The zero-order valence-corrected chi connectivity index (χ0v) is 13.8. The Hall–Kier alpha value is -2.87. The van der Waals surface area contributed by atoms with Crippen molar-refractivity contribution in [1.29, 1.82) is 0 Å². The van der Waals surface area contributed by atoms with Crippen molar-refractivity contribution in [1.82, 2.24) is 4.90 Å².